The van der Waals surface area contributed by atoms with E-state index in [0.717, 1.165) is 73.3 Å². The molecule has 0 radical (unpaired) electrons. The summed E-state index contributed by atoms with van der Waals surface area (Å²) in [6.45, 7) is 5.15. The predicted molar refractivity (Wildman–Crippen MR) is 161 cm³/mol. The van der Waals surface area contributed by atoms with Crippen molar-refractivity contribution in [2.75, 3.05) is 18.4 Å². The fraction of sp³-hybridized carbons (Fsp3) is 0.167. The lowest BCUT2D eigenvalue weighted by atomic mass is 10.0. The zero-order chi connectivity index (χ0) is 25.6. The van der Waals surface area contributed by atoms with Crippen LogP contribution in [0.25, 0.3) is 42.3 Å². The zero-order valence-electron chi connectivity index (χ0n) is 20.7. The second-order valence-electron chi connectivity index (χ2n) is 9.32. The van der Waals surface area contributed by atoms with Gasteiger partial charge in [-0.2, -0.15) is 0 Å². The molecule has 1 N–H and O–H groups in total. The van der Waals surface area contributed by atoms with Crippen LogP contribution in [0.15, 0.2) is 72.1 Å². The van der Waals surface area contributed by atoms with Gasteiger partial charge < -0.3 is 5.32 Å². The summed E-state index contributed by atoms with van der Waals surface area (Å²) in [7, 11) is 0. The smallest absolute Gasteiger partial charge is 0.257 e. The molecule has 7 rings (SSSR count). The number of benzene rings is 2. The highest BCUT2D eigenvalue weighted by Gasteiger charge is 2.28. The number of hydrogen-bond acceptors (Lipinski definition) is 7. The van der Waals surface area contributed by atoms with Crippen LogP contribution < -0.4 is 5.32 Å². The summed E-state index contributed by atoms with van der Waals surface area (Å²) in [6, 6.07) is 22.1. The Balaban J connectivity index is 1.34. The Hall–Kier alpha value is -3.43. The molecule has 0 saturated carbocycles. The molecule has 2 aromatic carbocycles. The van der Waals surface area contributed by atoms with Gasteiger partial charge in [0.15, 0.2) is 0 Å². The number of thiophene rings is 2. The monoisotopic (exact) mass is 552 g/mol. The number of pyridine rings is 1. The Labute approximate surface area is 232 Å². The molecule has 8 heteroatoms. The first-order valence-corrected chi connectivity index (χ1v) is 15.2. The van der Waals surface area contributed by atoms with Crippen molar-refractivity contribution in [3.05, 3.63) is 88.1 Å². The first kappa shape index (κ1) is 23.7. The molecule has 0 saturated heterocycles. The molecule has 4 aromatic heterocycles. The fourth-order valence-corrected chi connectivity index (χ4v) is 8.19. The number of thiazole rings is 1. The quantitative estimate of drug-likeness (QED) is 0.236. The Bertz CT molecular complexity index is 1770. The van der Waals surface area contributed by atoms with E-state index in [0.29, 0.717) is 5.56 Å². The lowest BCUT2D eigenvalue weighted by Gasteiger charge is -2.25. The van der Waals surface area contributed by atoms with Crippen LogP contribution in [0.5, 0.6) is 0 Å². The number of nitrogens with zero attached hydrogens (tertiary/aromatic N) is 3. The molecule has 1 aliphatic heterocycles. The van der Waals surface area contributed by atoms with Crippen LogP contribution in [0.2, 0.25) is 0 Å². The highest BCUT2D eigenvalue weighted by atomic mass is 32.1. The number of amides is 1. The molecule has 0 bridgehead atoms. The minimum Gasteiger partial charge on any atom is -0.313 e. The van der Waals surface area contributed by atoms with Gasteiger partial charge >= 0.3 is 0 Å². The summed E-state index contributed by atoms with van der Waals surface area (Å²) in [6.07, 6.45) is 0.960. The van der Waals surface area contributed by atoms with E-state index >= 15 is 0 Å². The summed E-state index contributed by atoms with van der Waals surface area (Å²) in [5, 5.41) is 8.07. The van der Waals surface area contributed by atoms with E-state index < -0.39 is 0 Å². The van der Waals surface area contributed by atoms with Crippen LogP contribution in [0.3, 0.4) is 0 Å². The number of anilines is 1. The molecule has 1 aliphatic rings. The van der Waals surface area contributed by atoms with Crippen LogP contribution >= 0.6 is 34.0 Å². The molecule has 38 heavy (non-hydrogen) atoms. The van der Waals surface area contributed by atoms with E-state index in [1.165, 1.54) is 10.4 Å². The summed E-state index contributed by atoms with van der Waals surface area (Å²) < 4.78 is 1.16. The standard InChI is InChI=1S/C30H24N4OS3/c1-2-34-14-13-19-26(17-34)38-30(27(19)29-32-22-10-5-6-11-25(22)37-29)33-28(35)20-16-23(24-12-7-15-36-24)31-21-9-4-3-8-18(20)21/h3-12,15-16H,2,13-14,17H2,1H3,(H,33,35). The van der Waals surface area contributed by atoms with Gasteiger partial charge in [-0.05, 0) is 54.2 Å². The average Bonchev–Trinajstić information content (AvgIpc) is 3.70. The maximum absolute atomic E-state index is 14.0. The molecule has 0 aliphatic carbocycles. The van der Waals surface area contributed by atoms with E-state index in [9.17, 15) is 4.79 Å². The van der Waals surface area contributed by atoms with Gasteiger partial charge in [-0.15, -0.1) is 34.0 Å². The molecule has 0 fully saturated rings. The van der Waals surface area contributed by atoms with Crippen molar-refractivity contribution >= 4 is 66.0 Å². The van der Waals surface area contributed by atoms with Gasteiger partial charge in [-0.1, -0.05) is 43.3 Å². The van der Waals surface area contributed by atoms with Gasteiger partial charge in [0.1, 0.15) is 10.0 Å². The fourth-order valence-electron chi connectivity index (χ4n) is 5.10. The van der Waals surface area contributed by atoms with Gasteiger partial charge in [0.2, 0.25) is 0 Å². The average molecular weight is 553 g/mol. The zero-order valence-corrected chi connectivity index (χ0v) is 23.2. The van der Waals surface area contributed by atoms with Crippen molar-refractivity contribution in [3.8, 4) is 21.1 Å². The third kappa shape index (κ3) is 4.14. The van der Waals surface area contributed by atoms with E-state index in [1.807, 2.05) is 53.9 Å². The highest BCUT2D eigenvalue weighted by Crippen LogP contribution is 2.46. The largest absolute Gasteiger partial charge is 0.313 e. The van der Waals surface area contributed by atoms with Gasteiger partial charge in [0, 0.05) is 28.9 Å². The third-order valence-corrected chi connectivity index (χ3v) is 10.1. The summed E-state index contributed by atoms with van der Waals surface area (Å²) in [4.78, 5) is 28.6. The number of aromatic nitrogens is 2. The first-order valence-electron chi connectivity index (χ1n) is 12.7. The predicted octanol–water partition coefficient (Wildman–Crippen LogP) is 7.93. The highest BCUT2D eigenvalue weighted by molar-refractivity contribution is 7.23. The molecule has 1 amide bonds. The van der Waals surface area contributed by atoms with Crippen molar-refractivity contribution in [3.63, 3.8) is 0 Å². The maximum atomic E-state index is 14.0. The minimum atomic E-state index is -0.116. The number of carbonyl (C=O) groups excluding carboxylic acids is 1. The summed E-state index contributed by atoms with van der Waals surface area (Å²) in [5.41, 5.74) is 5.69. The van der Waals surface area contributed by atoms with Crippen molar-refractivity contribution < 1.29 is 4.79 Å². The number of hydrogen-bond donors (Lipinski definition) is 1. The Morgan fingerprint density at radius 3 is 2.66 bits per heavy atom. The molecule has 5 heterocycles. The van der Waals surface area contributed by atoms with Gasteiger partial charge in [0.25, 0.3) is 5.91 Å². The Morgan fingerprint density at radius 1 is 1.00 bits per heavy atom. The van der Waals surface area contributed by atoms with E-state index in [2.05, 4.69) is 35.3 Å². The molecular formula is C30H24N4OS3. The van der Waals surface area contributed by atoms with Crippen LogP contribution in [0, 0.1) is 0 Å². The number of fused-ring (bicyclic) bond motifs is 3. The second kappa shape index (κ2) is 9.71. The van der Waals surface area contributed by atoms with Crippen molar-refractivity contribution in [1.82, 2.24) is 14.9 Å². The van der Waals surface area contributed by atoms with Crippen LogP contribution in [0.1, 0.15) is 27.7 Å². The maximum Gasteiger partial charge on any atom is 0.257 e. The molecule has 0 unspecified atom stereocenters. The van der Waals surface area contributed by atoms with Crippen molar-refractivity contribution in [2.45, 2.75) is 19.9 Å². The van der Waals surface area contributed by atoms with Gasteiger partial charge in [0.05, 0.1) is 31.9 Å². The van der Waals surface area contributed by atoms with Crippen molar-refractivity contribution in [1.29, 1.82) is 0 Å². The topological polar surface area (TPSA) is 58.1 Å². The number of likely N-dealkylation sites (N-methyl/N-ethyl adjacent to an activating group) is 1. The Morgan fingerprint density at radius 2 is 1.84 bits per heavy atom. The molecule has 188 valence electrons. The molecular weight excluding hydrogens is 529 g/mol. The van der Waals surface area contributed by atoms with Crippen LogP contribution in [-0.2, 0) is 13.0 Å². The van der Waals surface area contributed by atoms with E-state index in [1.54, 1.807) is 34.0 Å². The minimum absolute atomic E-state index is 0.116. The third-order valence-electron chi connectivity index (χ3n) is 7.05. The van der Waals surface area contributed by atoms with Gasteiger partial charge in [-0.25, -0.2) is 9.97 Å². The normalized spacial score (nSPS) is 13.7. The number of para-hydroxylation sites is 2. The molecule has 0 atom stereocenters. The van der Waals surface area contributed by atoms with Crippen LogP contribution in [-0.4, -0.2) is 33.9 Å². The van der Waals surface area contributed by atoms with Gasteiger partial charge in [-0.3, -0.25) is 9.69 Å². The van der Waals surface area contributed by atoms with Crippen LogP contribution in [0.4, 0.5) is 5.00 Å². The number of rotatable bonds is 5. The molecule has 5 nitrogen and oxygen atoms in total. The Kier molecular flexibility index (Phi) is 6.05. The lowest BCUT2D eigenvalue weighted by Crippen LogP contribution is -2.29. The SMILES string of the molecule is CCN1CCc2c(sc(NC(=O)c3cc(-c4cccs4)nc4ccccc34)c2-c2nc3ccccc3s2)C1. The lowest BCUT2D eigenvalue weighted by molar-refractivity contribution is 0.102. The van der Waals surface area contributed by atoms with E-state index in [-0.39, 0.29) is 5.91 Å². The first-order chi connectivity index (χ1) is 18.7. The molecule has 6 aromatic rings. The van der Waals surface area contributed by atoms with Crippen molar-refractivity contribution in [2.24, 2.45) is 0 Å². The molecule has 0 spiro atoms. The van der Waals surface area contributed by atoms with E-state index in [4.69, 9.17) is 9.97 Å². The number of carbonyl (C=O) groups is 1. The second-order valence-corrected chi connectivity index (χ2v) is 12.4. The summed E-state index contributed by atoms with van der Waals surface area (Å²) >= 11 is 5.02. The summed E-state index contributed by atoms with van der Waals surface area (Å²) in [5.74, 6) is -0.116. The number of nitrogens with one attached hydrogen (secondary N) is 1.